The van der Waals surface area contributed by atoms with Crippen molar-refractivity contribution in [3.8, 4) is 0 Å². The van der Waals surface area contributed by atoms with Gasteiger partial charge in [0.15, 0.2) is 5.76 Å². The predicted molar refractivity (Wildman–Crippen MR) is 55.2 cm³/mol. The van der Waals surface area contributed by atoms with E-state index in [1.54, 1.807) is 13.0 Å². The van der Waals surface area contributed by atoms with Gasteiger partial charge < -0.3 is 20.9 Å². The Morgan fingerprint density at radius 2 is 2.19 bits per heavy atom. The first-order valence-corrected chi connectivity index (χ1v) is 4.77. The van der Waals surface area contributed by atoms with Gasteiger partial charge in [0.05, 0.1) is 25.3 Å². The van der Waals surface area contributed by atoms with Crippen molar-refractivity contribution in [3.05, 3.63) is 17.5 Å². The molecule has 1 aromatic rings. The molecule has 0 atom stereocenters. The van der Waals surface area contributed by atoms with E-state index >= 15 is 0 Å². The van der Waals surface area contributed by atoms with E-state index in [0.717, 1.165) is 5.69 Å². The average molecular weight is 226 g/mol. The lowest BCUT2D eigenvalue weighted by molar-refractivity contribution is -0.125. The van der Waals surface area contributed by atoms with Crippen LogP contribution in [0.5, 0.6) is 0 Å². The molecule has 0 aromatic carbocycles. The maximum absolute atomic E-state index is 11.2. The number of nitrogens with zero attached hydrogens (tertiary/aromatic N) is 1. The van der Waals surface area contributed by atoms with E-state index in [1.807, 2.05) is 0 Å². The smallest absolute Gasteiger partial charge is 0.239 e. The Hall–Kier alpha value is -1.89. The zero-order chi connectivity index (χ0) is 12.0. The van der Waals surface area contributed by atoms with Crippen LogP contribution in [0.15, 0.2) is 10.6 Å². The molecule has 0 spiro atoms. The molecule has 0 saturated carbocycles. The normalized spacial score (nSPS) is 9.88. The minimum absolute atomic E-state index is 0.0941. The summed E-state index contributed by atoms with van der Waals surface area (Å²) >= 11 is 0. The van der Waals surface area contributed by atoms with Gasteiger partial charge in [-0.3, -0.25) is 9.59 Å². The second kappa shape index (κ2) is 5.86. The molecule has 4 N–H and O–H groups in total. The monoisotopic (exact) mass is 226 g/mol. The summed E-state index contributed by atoms with van der Waals surface area (Å²) < 4.78 is 4.89. The Kier molecular flexibility index (Phi) is 4.46. The van der Waals surface area contributed by atoms with Crippen molar-refractivity contribution in [2.45, 2.75) is 13.5 Å². The summed E-state index contributed by atoms with van der Waals surface area (Å²) in [6.45, 7) is 1.81. The van der Waals surface area contributed by atoms with Gasteiger partial charge in [0.25, 0.3) is 0 Å². The van der Waals surface area contributed by atoms with Crippen LogP contribution in [0.25, 0.3) is 0 Å². The van der Waals surface area contributed by atoms with Gasteiger partial charge in [-0.15, -0.1) is 0 Å². The number of carbonyl (C=O) groups excluding carboxylic acids is 2. The molecular weight excluding hydrogens is 212 g/mol. The lowest BCUT2D eigenvalue weighted by Crippen LogP contribution is -2.39. The van der Waals surface area contributed by atoms with E-state index in [1.165, 1.54) is 0 Å². The minimum Gasteiger partial charge on any atom is -0.359 e. The Labute approximate surface area is 92.3 Å². The maximum atomic E-state index is 11.2. The van der Waals surface area contributed by atoms with Crippen LogP contribution < -0.4 is 16.4 Å². The zero-order valence-electron chi connectivity index (χ0n) is 8.95. The number of hydrogen-bond acceptors (Lipinski definition) is 5. The van der Waals surface area contributed by atoms with Gasteiger partial charge in [0, 0.05) is 6.07 Å². The van der Waals surface area contributed by atoms with Crippen LogP contribution in [-0.2, 0) is 16.1 Å². The largest absolute Gasteiger partial charge is 0.359 e. The molecule has 0 aliphatic carbocycles. The summed E-state index contributed by atoms with van der Waals surface area (Å²) in [5, 5.41) is 8.58. The van der Waals surface area contributed by atoms with Gasteiger partial charge >= 0.3 is 0 Å². The molecule has 88 valence electrons. The summed E-state index contributed by atoms with van der Waals surface area (Å²) in [5.74, 6) is -0.113. The van der Waals surface area contributed by atoms with Gasteiger partial charge in [-0.05, 0) is 6.92 Å². The molecule has 0 bridgehead atoms. The molecule has 0 fully saturated rings. The summed E-state index contributed by atoms with van der Waals surface area (Å²) in [6, 6.07) is 1.72. The highest BCUT2D eigenvalue weighted by atomic mass is 16.5. The van der Waals surface area contributed by atoms with Crippen LogP contribution in [0.1, 0.15) is 11.5 Å². The molecule has 0 unspecified atom stereocenters. The van der Waals surface area contributed by atoms with E-state index in [4.69, 9.17) is 10.3 Å². The maximum Gasteiger partial charge on any atom is 0.239 e. The molecule has 0 aliphatic rings. The van der Waals surface area contributed by atoms with Gasteiger partial charge in [0.2, 0.25) is 11.8 Å². The highest BCUT2D eigenvalue weighted by Gasteiger charge is 2.05. The van der Waals surface area contributed by atoms with Crippen LogP contribution in [0.2, 0.25) is 0 Å². The Morgan fingerprint density at radius 3 is 2.75 bits per heavy atom. The molecular formula is C9H14N4O3. The number of aromatic nitrogens is 1. The van der Waals surface area contributed by atoms with Crippen molar-refractivity contribution in [3.63, 3.8) is 0 Å². The lowest BCUT2D eigenvalue weighted by Gasteiger charge is -2.03. The molecule has 0 aliphatic heterocycles. The number of hydrogen-bond donors (Lipinski definition) is 3. The van der Waals surface area contributed by atoms with E-state index in [0.29, 0.717) is 5.76 Å². The number of rotatable bonds is 5. The van der Waals surface area contributed by atoms with Gasteiger partial charge in [-0.25, -0.2) is 0 Å². The molecule has 1 rings (SSSR count). The topological polar surface area (TPSA) is 110 Å². The second-order valence-corrected chi connectivity index (χ2v) is 3.19. The average Bonchev–Trinajstić information content (AvgIpc) is 2.69. The standard InChI is InChI=1S/C9H14N4O3/c1-6-2-7(16-13-6)4-11-9(15)5-12-8(14)3-10/h2H,3-5,10H2,1H3,(H,11,15)(H,12,14). The molecule has 2 amide bonds. The first-order valence-electron chi connectivity index (χ1n) is 4.77. The van der Waals surface area contributed by atoms with Crippen molar-refractivity contribution in [1.29, 1.82) is 0 Å². The van der Waals surface area contributed by atoms with Crippen LogP contribution in [-0.4, -0.2) is 30.1 Å². The van der Waals surface area contributed by atoms with E-state index in [2.05, 4.69) is 15.8 Å². The Balaban J connectivity index is 2.22. The first kappa shape index (κ1) is 12.2. The highest BCUT2D eigenvalue weighted by Crippen LogP contribution is 2.00. The molecule has 1 aromatic heterocycles. The second-order valence-electron chi connectivity index (χ2n) is 3.19. The van der Waals surface area contributed by atoms with Gasteiger partial charge in [-0.1, -0.05) is 5.16 Å². The van der Waals surface area contributed by atoms with Crippen molar-refractivity contribution in [2.75, 3.05) is 13.1 Å². The third kappa shape index (κ3) is 4.09. The van der Waals surface area contributed by atoms with Crippen LogP contribution in [0.4, 0.5) is 0 Å². The minimum atomic E-state index is -0.370. The molecule has 7 heteroatoms. The Bertz CT molecular complexity index is 375. The molecule has 1 heterocycles. The Morgan fingerprint density at radius 1 is 1.44 bits per heavy atom. The number of nitrogens with one attached hydrogen (secondary N) is 2. The lowest BCUT2D eigenvalue weighted by atomic mass is 10.4. The predicted octanol–water partition coefficient (Wildman–Crippen LogP) is -1.33. The van der Waals surface area contributed by atoms with Crippen molar-refractivity contribution in [2.24, 2.45) is 5.73 Å². The summed E-state index contributed by atoms with van der Waals surface area (Å²) in [7, 11) is 0. The number of nitrogens with two attached hydrogens (primary N) is 1. The fraction of sp³-hybridized carbons (Fsp3) is 0.444. The van der Waals surface area contributed by atoms with Crippen molar-refractivity contribution in [1.82, 2.24) is 15.8 Å². The SMILES string of the molecule is Cc1cc(CNC(=O)CNC(=O)CN)on1. The van der Waals surface area contributed by atoms with E-state index in [-0.39, 0.29) is 31.4 Å². The van der Waals surface area contributed by atoms with Crippen LogP contribution in [0, 0.1) is 6.92 Å². The van der Waals surface area contributed by atoms with Crippen molar-refractivity contribution >= 4 is 11.8 Å². The van der Waals surface area contributed by atoms with Gasteiger partial charge in [0.1, 0.15) is 0 Å². The number of carbonyl (C=O) groups is 2. The quantitative estimate of drug-likeness (QED) is 0.576. The molecule has 16 heavy (non-hydrogen) atoms. The first-order chi connectivity index (χ1) is 7.61. The summed E-state index contributed by atoms with van der Waals surface area (Å²) in [6.07, 6.45) is 0. The number of aryl methyl sites for hydroxylation is 1. The summed E-state index contributed by atoms with van der Waals surface area (Å²) in [4.78, 5) is 22.0. The van der Waals surface area contributed by atoms with E-state index in [9.17, 15) is 9.59 Å². The van der Waals surface area contributed by atoms with Gasteiger partial charge in [-0.2, -0.15) is 0 Å². The molecule has 0 radical (unpaired) electrons. The fourth-order valence-corrected chi connectivity index (χ4v) is 0.999. The fourth-order valence-electron chi connectivity index (χ4n) is 0.999. The van der Waals surface area contributed by atoms with Crippen LogP contribution >= 0.6 is 0 Å². The van der Waals surface area contributed by atoms with E-state index < -0.39 is 0 Å². The highest BCUT2D eigenvalue weighted by molar-refractivity contribution is 5.85. The van der Waals surface area contributed by atoms with Crippen molar-refractivity contribution < 1.29 is 14.1 Å². The third-order valence-corrected chi connectivity index (χ3v) is 1.77. The number of amides is 2. The molecule has 0 saturated heterocycles. The third-order valence-electron chi connectivity index (χ3n) is 1.77. The summed E-state index contributed by atoms with van der Waals surface area (Å²) in [5.41, 5.74) is 5.81. The zero-order valence-corrected chi connectivity index (χ0v) is 8.95. The molecule has 7 nitrogen and oxygen atoms in total. The van der Waals surface area contributed by atoms with Crippen LogP contribution in [0.3, 0.4) is 0 Å².